The minimum atomic E-state index is -0.320. The molecule has 0 spiro atoms. The van der Waals surface area contributed by atoms with E-state index in [0.29, 0.717) is 40.8 Å². The van der Waals surface area contributed by atoms with Crippen molar-refractivity contribution in [2.75, 3.05) is 5.73 Å². The van der Waals surface area contributed by atoms with Gasteiger partial charge in [-0.25, -0.2) is 19.9 Å². The molecule has 11 heteroatoms. The predicted octanol–water partition coefficient (Wildman–Crippen LogP) is 5.26. The molecule has 7 rings (SSSR count). The van der Waals surface area contributed by atoms with Gasteiger partial charge in [-0.3, -0.25) is 9.36 Å². The van der Waals surface area contributed by atoms with E-state index in [0.717, 1.165) is 28.0 Å². The van der Waals surface area contributed by atoms with Gasteiger partial charge in [-0.15, -0.1) is 0 Å². The van der Waals surface area contributed by atoms with Gasteiger partial charge in [0, 0.05) is 30.1 Å². The average molecular weight is 594 g/mol. The standard InChI is InChI=1S/C34H27N9O2/c1-21-18-30(44)43(41-21)25-13-14-29(37-20-25)34(45)38-19-22-9-11-24(12-10-22)42-32(26-8-5-17-36-31(26)35)40-28-16-15-27(39-33(28)42)23-6-3-2-4-7-23/h2-18,20,44H,19H2,1H3,(H2,35,36)(H,38,45). The Bertz CT molecular complexity index is 2150. The molecule has 0 bridgehead atoms. The second-order valence-corrected chi connectivity index (χ2v) is 10.4. The van der Waals surface area contributed by atoms with Crippen LogP contribution in [0.3, 0.4) is 0 Å². The van der Waals surface area contributed by atoms with Crippen LogP contribution in [0.4, 0.5) is 5.82 Å². The van der Waals surface area contributed by atoms with Crippen LogP contribution < -0.4 is 11.1 Å². The Balaban J connectivity index is 1.16. The zero-order valence-corrected chi connectivity index (χ0v) is 24.2. The first kappa shape index (κ1) is 27.5. The minimum Gasteiger partial charge on any atom is -0.493 e. The molecule has 0 saturated carbocycles. The number of nitrogens with two attached hydrogens (primary N) is 1. The molecule has 0 fully saturated rings. The van der Waals surface area contributed by atoms with Crippen LogP contribution in [0.25, 0.3) is 45.2 Å². The number of rotatable bonds is 7. The van der Waals surface area contributed by atoms with Gasteiger partial charge in [0.25, 0.3) is 5.91 Å². The van der Waals surface area contributed by atoms with E-state index in [2.05, 4.69) is 20.4 Å². The molecular formula is C34H27N9O2. The van der Waals surface area contributed by atoms with Crippen LogP contribution in [0.2, 0.25) is 0 Å². The third-order valence-electron chi connectivity index (χ3n) is 7.34. The maximum Gasteiger partial charge on any atom is 0.270 e. The second kappa shape index (κ2) is 11.4. The lowest BCUT2D eigenvalue weighted by Crippen LogP contribution is -2.23. The summed E-state index contributed by atoms with van der Waals surface area (Å²) in [6.45, 7) is 2.08. The minimum absolute atomic E-state index is 0.00192. The maximum absolute atomic E-state index is 12.8. The lowest BCUT2D eigenvalue weighted by molar-refractivity contribution is 0.0946. The van der Waals surface area contributed by atoms with Gasteiger partial charge in [0.1, 0.15) is 17.0 Å². The first-order valence-corrected chi connectivity index (χ1v) is 14.2. The normalized spacial score (nSPS) is 11.1. The molecule has 0 unspecified atom stereocenters. The second-order valence-electron chi connectivity index (χ2n) is 10.4. The molecule has 220 valence electrons. The third-order valence-corrected chi connectivity index (χ3v) is 7.34. The van der Waals surface area contributed by atoms with E-state index >= 15 is 0 Å². The van der Waals surface area contributed by atoms with Crippen molar-refractivity contribution in [3.05, 3.63) is 126 Å². The number of imidazole rings is 1. The molecule has 1 amide bonds. The van der Waals surface area contributed by atoms with Gasteiger partial charge in [-0.2, -0.15) is 9.78 Å². The first-order valence-electron chi connectivity index (χ1n) is 14.2. The van der Waals surface area contributed by atoms with Gasteiger partial charge < -0.3 is 16.2 Å². The Labute approximate surface area is 257 Å². The number of aromatic nitrogens is 7. The van der Waals surface area contributed by atoms with Crippen molar-refractivity contribution in [1.82, 2.24) is 39.6 Å². The Morgan fingerprint density at radius 3 is 2.40 bits per heavy atom. The number of fused-ring (bicyclic) bond motifs is 1. The number of hydrogen-bond donors (Lipinski definition) is 3. The van der Waals surface area contributed by atoms with Crippen LogP contribution in [0.1, 0.15) is 21.7 Å². The van der Waals surface area contributed by atoms with Crippen LogP contribution in [-0.4, -0.2) is 45.3 Å². The van der Waals surface area contributed by atoms with E-state index < -0.39 is 0 Å². The van der Waals surface area contributed by atoms with E-state index in [9.17, 15) is 9.90 Å². The fourth-order valence-electron chi connectivity index (χ4n) is 5.12. The van der Waals surface area contributed by atoms with Crippen molar-refractivity contribution >= 4 is 22.9 Å². The van der Waals surface area contributed by atoms with E-state index in [1.165, 1.54) is 10.9 Å². The van der Waals surface area contributed by atoms with Gasteiger partial charge >= 0.3 is 0 Å². The number of carbonyl (C=O) groups excluding carboxylic acids is 1. The quantitative estimate of drug-likeness (QED) is 0.227. The topological polar surface area (TPSA) is 150 Å². The summed E-state index contributed by atoms with van der Waals surface area (Å²) < 4.78 is 3.34. The molecule has 0 aliphatic heterocycles. The monoisotopic (exact) mass is 593 g/mol. The lowest BCUT2D eigenvalue weighted by atomic mass is 10.1. The number of hydrogen-bond acceptors (Lipinski definition) is 8. The molecule has 0 atom stereocenters. The summed E-state index contributed by atoms with van der Waals surface area (Å²) in [6.07, 6.45) is 3.14. The smallest absolute Gasteiger partial charge is 0.270 e. The average Bonchev–Trinajstić information content (AvgIpc) is 3.62. The van der Waals surface area contributed by atoms with Crippen molar-refractivity contribution in [3.63, 3.8) is 0 Å². The molecule has 2 aromatic carbocycles. The third kappa shape index (κ3) is 5.34. The van der Waals surface area contributed by atoms with Gasteiger partial charge in [0.15, 0.2) is 11.5 Å². The van der Waals surface area contributed by atoms with Gasteiger partial charge in [0.05, 0.1) is 28.8 Å². The molecule has 0 aliphatic carbocycles. The van der Waals surface area contributed by atoms with Crippen molar-refractivity contribution in [1.29, 1.82) is 0 Å². The summed E-state index contributed by atoms with van der Waals surface area (Å²) in [6, 6.07) is 30.2. The number of aromatic hydroxyl groups is 1. The number of nitrogens with one attached hydrogen (secondary N) is 1. The summed E-state index contributed by atoms with van der Waals surface area (Å²) in [4.78, 5) is 31.3. The molecule has 0 radical (unpaired) electrons. The van der Waals surface area contributed by atoms with Crippen molar-refractivity contribution in [2.45, 2.75) is 13.5 Å². The predicted molar refractivity (Wildman–Crippen MR) is 171 cm³/mol. The Morgan fingerprint density at radius 2 is 1.69 bits per heavy atom. The molecule has 0 saturated heterocycles. The highest BCUT2D eigenvalue weighted by molar-refractivity contribution is 5.92. The highest BCUT2D eigenvalue weighted by atomic mass is 16.3. The largest absolute Gasteiger partial charge is 0.493 e. The molecule has 5 heterocycles. The number of nitrogens with zero attached hydrogens (tertiary/aromatic N) is 7. The van der Waals surface area contributed by atoms with Crippen LogP contribution in [0.5, 0.6) is 5.88 Å². The zero-order valence-electron chi connectivity index (χ0n) is 24.2. The van der Waals surface area contributed by atoms with Crippen LogP contribution >= 0.6 is 0 Å². The summed E-state index contributed by atoms with van der Waals surface area (Å²) in [5, 5.41) is 17.2. The molecular weight excluding hydrogens is 566 g/mol. The number of anilines is 1. The summed E-state index contributed by atoms with van der Waals surface area (Å²) in [5.41, 5.74) is 13.4. The van der Waals surface area contributed by atoms with Gasteiger partial charge in [-0.1, -0.05) is 42.5 Å². The first-order chi connectivity index (χ1) is 21.9. The van der Waals surface area contributed by atoms with E-state index in [4.69, 9.17) is 15.7 Å². The number of nitrogen functional groups attached to an aromatic ring is 1. The fourth-order valence-corrected chi connectivity index (χ4v) is 5.12. The Morgan fingerprint density at radius 1 is 0.889 bits per heavy atom. The summed E-state index contributed by atoms with van der Waals surface area (Å²) in [7, 11) is 0. The fraction of sp³-hybridized carbons (Fsp3) is 0.0588. The lowest BCUT2D eigenvalue weighted by Gasteiger charge is -2.12. The number of pyridine rings is 3. The molecule has 0 aliphatic rings. The Kier molecular flexibility index (Phi) is 6.95. The molecule has 7 aromatic rings. The SMILES string of the molecule is Cc1cc(O)n(-c2ccc(C(=O)NCc3ccc(-n4c(-c5cccnc5N)nc5ccc(-c6ccccc6)nc54)cc3)nc2)n1. The molecule has 11 nitrogen and oxygen atoms in total. The van der Waals surface area contributed by atoms with Crippen molar-refractivity contribution in [2.24, 2.45) is 0 Å². The molecule has 45 heavy (non-hydrogen) atoms. The van der Waals surface area contributed by atoms with E-state index in [1.54, 1.807) is 31.3 Å². The Hall–Kier alpha value is -6.36. The van der Waals surface area contributed by atoms with E-state index in [-0.39, 0.29) is 17.5 Å². The molecule has 5 aromatic heterocycles. The highest BCUT2D eigenvalue weighted by Crippen LogP contribution is 2.31. The number of carbonyl (C=O) groups is 1. The van der Waals surface area contributed by atoms with Crippen molar-refractivity contribution < 1.29 is 9.90 Å². The summed E-state index contributed by atoms with van der Waals surface area (Å²) >= 11 is 0. The maximum atomic E-state index is 12.8. The van der Waals surface area contributed by atoms with Gasteiger partial charge in [-0.05, 0) is 61.0 Å². The van der Waals surface area contributed by atoms with Crippen LogP contribution in [-0.2, 0) is 6.54 Å². The highest BCUT2D eigenvalue weighted by Gasteiger charge is 2.19. The van der Waals surface area contributed by atoms with Gasteiger partial charge in [0.2, 0.25) is 5.88 Å². The molecule has 4 N–H and O–H groups in total. The van der Waals surface area contributed by atoms with Crippen LogP contribution in [0, 0.1) is 6.92 Å². The summed E-state index contributed by atoms with van der Waals surface area (Å²) in [5.74, 6) is 0.679. The zero-order chi connectivity index (χ0) is 30.9. The van der Waals surface area contributed by atoms with E-state index in [1.807, 2.05) is 83.4 Å². The number of benzene rings is 2. The van der Waals surface area contributed by atoms with Crippen molar-refractivity contribution in [3.8, 4) is 39.9 Å². The number of aryl methyl sites for hydroxylation is 1. The van der Waals surface area contributed by atoms with Crippen LogP contribution in [0.15, 0.2) is 109 Å². The number of amides is 1.